The Morgan fingerprint density at radius 1 is 1.15 bits per heavy atom. The molecule has 0 aliphatic carbocycles. The summed E-state index contributed by atoms with van der Waals surface area (Å²) in [7, 11) is 0. The summed E-state index contributed by atoms with van der Waals surface area (Å²) >= 11 is 17.9. The van der Waals surface area contributed by atoms with Crippen LogP contribution in [0.3, 0.4) is 0 Å². The number of hydrogen-bond acceptors (Lipinski definition) is 3. The normalized spacial score (nSPS) is 14.3. The van der Waals surface area contributed by atoms with Crippen LogP contribution in [0.2, 0.25) is 10.0 Å². The largest absolute Gasteiger partial charge is 0.370 e. The second-order valence-corrected chi connectivity index (χ2v) is 5.93. The number of fused-ring (bicyclic) bond motifs is 1. The molecule has 1 aromatic carbocycles. The molecule has 0 radical (unpaired) electrons. The highest BCUT2D eigenvalue weighted by atomic mass is 35.5. The third-order valence-corrected chi connectivity index (χ3v) is 4.21. The molecule has 0 spiro atoms. The van der Waals surface area contributed by atoms with E-state index in [1.807, 2.05) is 18.2 Å². The summed E-state index contributed by atoms with van der Waals surface area (Å²) < 4.78 is 0.434. The van der Waals surface area contributed by atoms with Gasteiger partial charge >= 0.3 is 0 Å². The number of anilines is 1. The van der Waals surface area contributed by atoms with Crippen LogP contribution >= 0.6 is 35.4 Å². The van der Waals surface area contributed by atoms with E-state index in [4.69, 9.17) is 35.4 Å². The fraction of sp³-hybridized carbons (Fsp3) is 0.286. The first-order chi connectivity index (χ1) is 9.66. The van der Waals surface area contributed by atoms with Crippen LogP contribution in [0.4, 0.5) is 5.82 Å². The smallest absolute Gasteiger partial charge is 0.199 e. The lowest BCUT2D eigenvalue weighted by Gasteiger charge is -2.14. The summed E-state index contributed by atoms with van der Waals surface area (Å²) in [5, 5.41) is 4.55. The van der Waals surface area contributed by atoms with Crippen molar-refractivity contribution in [2.75, 3.05) is 11.9 Å². The van der Waals surface area contributed by atoms with Gasteiger partial charge in [0.05, 0.1) is 15.7 Å². The zero-order chi connectivity index (χ0) is 14.1. The minimum atomic E-state index is 0.434. The molecule has 0 fully saturated rings. The lowest BCUT2D eigenvalue weighted by molar-refractivity contribution is 0.785. The number of halogens is 2. The number of nitrogens with zero attached hydrogens (tertiary/aromatic N) is 1. The molecule has 2 heterocycles. The number of H-pyrrole nitrogens is 1. The molecular formula is C14H13Cl2N3S. The highest BCUT2D eigenvalue weighted by molar-refractivity contribution is 7.71. The fourth-order valence-corrected chi connectivity index (χ4v) is 3.25. The molecule has 3 rings (SSSR count). The molecule has 1 aliphatic rings. The minimum Gasteiger partial charge on any atom is -0.370 e. The standard InChI is InChI=1S/C14H13Cl2N3S/c15-9-5-3-6-10(16)11(9)12-8-4-1-2-7-17-13(8)19-14(20)18-12/h3,5-6H,1-2,4,7H2,(H2,17,18,19,20). The summed E-state index contributed by atoms with van der Waals surface area (Å²) in [5.74, 6) is 0.845. The predicted octanol–water partition coefficient (Wildman–Crippen LogP) is 4.86. The maximum Gasteiger partial charge on any atom is 0.199 e. The van der Waals surface area contributed by atoms with Gasteiger partial charge in [-0.15, -0.1) is 0 Å². The predicted molar refractivity (Wildman–Crippen MR) is 86.3 cm³/mol. The van der Waals surface area contributed by atoms with Crippen LogP contribution in [-0.4, -0.2) is 16.5 Å². The number of nitrogens with one attached hydrogen (secondary N) is 2. The molecule has 6 heteroatoms. The van der Waals surface area contributed by atoms with E-state index in [1.165, 1.54) is 0 Å². The third kappa shape index (κ3) is 2.55. The van der Waals surface area contributed by atoms with Crippen LogP contribution < -0.4 is 5.32 Å². The van der Waals surface area contributed by atoms with Crippen molar-refractivity contribution in [1.82, 2.24) is 9.97 Å². The quantitative estimate of drug-likeness (QED) is 0.735. The Kier molecular flexibility index (Phi) is 3.96. The van der Waals surface area contributed by atoms with E-state index in [0.29, 0.717) is 14.8 Å². The highest BCUT2D eigenvalue weighted by Crippen LogP contribution is 2.37. The maximum atomic E-state index is 6.32. The SMILES string of the molecule is S=c1nc2c(c(-c3c(Cl)cccc3Cl)[nH]1)CCCCN2. The summed E-state index contributed by atoms with van der Waals surface area (Å²) in [6, 6.07) is 5.49. The molecule has 0 bridgehead atoms. The molecule has 2 N–H and O–H groups in total. The van der Waals surface area contributed by atoms with E-state index in [1.54, 1.807) is 0 Å². The Labute approximate surface area is 132 Å². The highest BCUT2D eigenvalue weighted by Gasteiger charge is 2.18. The van der Waals surface area contributed by atoms with Crippen LogP contribution in [0.1, 0.15) is 18.4 Å². The average Bonchev–Trinajstić information content (AvgIpc) is 2.63. The monoisotopic (exact) mass is 325 g/mol. The van der Waals surface area contributed by atoms with E-state index >= 15 is 0 Å². The van der Waals surface area contributed by atoms with Gasteiger partial charge in [0.1, 0.15) is 5.82 Å². The number of aromatic amines is 1. The van der Waals surface area contributed by atoms with E-state index in [-0.39, 0.29) is 0 Å². The molecule has 0 amide bonds. The van der Waals surface area contributed by atoms with Gasteiger partial charge < -0.3 is 10.3 Å². The zero-order valence-corrected chi connectivity index (χ0v) is 13.0. The van der Waals surface area contributed by atoms with Crippen molar-refractivity contribution in [3.8, 4) is 11.3 Å². The number of aromatic nitrogens is 2. The minimum absolute atomic E-state index is 0.434. The van der Waals surface area contributed by atoms with Crippen molar-refractivity contribution in [3.05, 3.63) is 38.6 Å². The summed E-state index contributed by atoms with van der Waals surface area (Å²) in [5.41, 5.74) is 2.78. The Balaban J connectivity index is 2.28. The van der Waals surface area contributed by atoms with Crippen molar-refractivity contribution in [1.29, 1.82) is 0 Å². The molecule has 1 aliphatic heterocycles. The van der Waals surface area contributed by atoms with Crippen LogP contribution in [0.15, 0.2) is 18.2 Å². The van der Waals surface area contributed by atoms with Gasteiger partial charge in [0.2, 0.25) is 0 Å². The van der Waals surface area contributed by atoms with Crippen LogP contribution in [-0.2, 0) is 6.42 Å². The lowest BCUT2D eigenvalue weighted by atomic mass is 10.0. The Morgan fingerprint density at radius 3 is 2.65 bits per heavy atom. The van der Waals surface area contributed by atoms with Gasteiger partial charge in [-0.2, -0.15) is 0 Å². The molecule has 0 saturated heterocycles. The second kappa shape index (κ2) is 5.72. The van der Waals surface area contributed by atoms with Gasteiger partial charge in [-0.05, 0) is 43.6 Å². The Hall–Kier alpha value is -1.10. The number of benzene rings is 1. The first kappa shape index (κ1) is 13.9. The second-order valence-electron chi connectivity index (χ2n) is 4.72. The maximum absolute atomic E-state index is 6.32. The molecule has 3 nitrogen and oxygen atoms in total. The van der Waals surface area contributed by atoms with Gasteiger partial charge in [0.25, 0.3) is 0 Å². The first-order valence-electron chi connectivity index (χ1n) is 6.48. The Bertz CT molecular complexity index is 692. The fourth-order valence-electron chi connectivity index (χ4n) is 2.47. The van der Waals surface area contributed by atoms with Crippen LogP contribution in [0.5, 0.6) is 0 Å². The first-order valence-corrected chi connectivity index (χ1v) is 7.64. The summed E-state index contributed by atoms with van der Waals surface area (Å²) in [4.78, 5) is 7.54. The van der Waals surface area contributed by atoms with Gasteiger partial charge in [0, 0.05) is 17.7 Å². The van der Waals surface area contributed by atoms with Crippen molar-refractivity contribution < 1.29 is 0 Å². The van der Waals surface area contributed by atoms with Crippen molar-refractivity contribution in [2.45, 2.75) is 19.3 Å². The van der Waals surface area contributed by atoms with Gasteiger partial charge in [-0.1, -0.05) is 29.3 Å². The number of rotatable bonds is 1. The number of hydrogen-bond donors (Lipinski definition) is 2. The summed E-state index contributed by atoms with van der Waals surface area (Å²) in [6.07, 6.45) is 3.14. The molecule has 104 valence electrons. The van der Waals surface area contributed by atoms with E-state index in [9.17, 15) is 0 Å². The molecule has 20 heavy (non-hydrogen) atoms. The van der Waals surface area contributed by atoms with Crippen molar-refractivity contribution in [2.24, 2.45) is 0 Å². The molecule has 0 atom stereocenters. The van der Waals surface area contributed by atoms with Gasteiger partial charge in [-0.25, -0.2) is 4.98 Å². The van der Waals surface area contributed by atoms with Crippen molar-refractivity contribution >= 4 is 41.2 Å². The molecule has 0 saturated carbocycles. The Morgan fingerprint density at radius 2 is 1.90 bits per heavy atom. The van der Waals surface area contributed by atoms with E-state index in [0.717, 1.165) is 48.4 Å². The molecule has 0 unspecified atom stereocenters. The molecule has 1 aromatic heterocycles. The summed E-state index contributed by atoms with van der Waals surface area (Å²) in [6.45, 7) is 0.911. The third-order valence-electron chi connectivity index (χ3n) is 3.39. The lowest BCUT2D eigenvalue weighted by Crippen LogP contribution is -2.05. The van der Waals surface area contributed by atoms with E-state index in [2.05, 4.69) is 15.3 Å². The average molecular weight is 326 g/mol. The van der Waals surface area contributed by atoms with E-state index < -0.39 is 0 Å². The van der Waals surface area contributed by atoms with Gasteiger partial charge in [-0.3, -0.25) is 0 Å². The topological polar surface area (TPSA) is 40.7 Å². The van der Waals surface area contributed by atoms with Gasteiger partial charge in [0.15, 0.2) is 4.77 Å². The molecular weight excluding hydrogens is 313 g/mol. The van der Waals surface area contributed by atoms with Crippen LogP contribution in [0, 0.1) is 4.77 Å². The van der Waals surface area contributed by atoms with Crippen molar-refractivity contribution in [3.63, 3.8) is 0 Å². The van der Waals surface area contributed by atoms with Crippen LogP contribution in [0.25, 0.3) is 11.3 Å². The zero-order valence-electron chi connectivity index (χ0n) is 10.7. The molecule has 2 aromatic rings.